The number of aromatic amines is 1. The second kappa shape index (κ2) is 5.98. The summed E-state index contributed by atoms with van der Waals surface area (Å²) in [4.78, 5) is 20.8. The predicted molar refractivity (Wildman–Crippen MR) is 89.6 cm³/mol. The van der Waals surface area contributed by atoms with E-state index in [1.807, 2.05) is 35.4 Å². The second-order valence-corrected chi connectivity index (χ2v) is 6.49. The van der Waals surface area contributed by atoms with Gasteiger partial charge in [-0.15, -0.1) is 0 Å². The maximum Gasteiger partial charge on any atom is 0.254 e. The molecule has 5 heteroatoms. The highest BCUT2D eigenvalue weighted by Crippen LogP contribution is 2.27. The van der Waals surface area contributed by atoms with Crippen LogP contribution < -0.4 is 0 Å². The Morgan fingerprint density at radius 2 is 2.04 bits per heavy atom. The molecule has 1 amide bonds. The topological polar surface area (TPSA) is 48.6 Å². The summed E-state index contributed by atoms with van der Waals surface area (Å²) in [7, 11) is 0. The van der Waals surface area contributed by atoms with Crippen LogP contribution in [0, 0.1) is 0 Å². The van der Waals surface area contributed by atoms with E-state index in [2.05, 4.69) is 16.8 Å². The maximum absolute atomic E-state index is 13.1. The summed E-state index contributed by atoms with van der Waals surface area (Å²) >= 11 is 0. The third-order valence-electron chi connectivity index (χ3n) is 5.32. The Hall–Kier alpha value is -1.85. The number of hydrogen-bond donors (Lipinski definition) is 1. The van der Waals surface area contributed by atoms with Crippen LogP contribution in [-0.2, 0) is 4.74 Å². The summed E-state index contributed by atoms with van der Waals surface area (Å²) in [5.41, 5.74) is 1.82. The smallest absolute Gasteiger partial charge is 0.254 e. The number of ether oxygens (including phenoxy) is 1. The number of H-pyrrole nitrogens is 1. The number of aromatic nitrogens is 1. The first-order chi connectivity index (χ1) is 11.3. The fourth-order valence-electron chi connectivity index (χ4n) is 4.03. The molecule has 2 aromatic rings. The number of morpholine rings is 1. The number of benzene rings is 1. The lowest BCUT2D eigenvalue weighted by molar-refractivity contribution is 0.0104. The predicted octanol–water partition coefficient (Wildman–Crippen LogP) is 2.10. The van der Waals surface area contributed by atoms with Gasteiger partial charge in [0, 0.05) is 54.4 Å². The van der Waals surface area contributed by atoms with Crippen LogP contribution in [0.1, 0.15) is 23.7 Å². The fraction of sp³-hybridized carbons (Fsp3) is 0.500. The Labute approximate surface area is 136 Å². The monoisotopic (exact) mass is 313 g/mol. The molecule has 5 nitrogen and oxygen atoms in total. The molecule has 2 aliphatic heterocycles. The first kappa shape index (κ1) is 14.7. The largest absolute Gasteiger partial charge is 0.379 e. The van der Waals surface area contributed by atoms with Crippen molar-refractivity contribution in [1.29, 1.82) is 0 Å². The molecule has 2 saturated heterocycles. The number of carbonyl (C=O) groups excluding carboxylic acids is 1. The second-order valence-electron chi connectivity index (χ2n) is 6.49. The van der Waals surface area contributed by atoms with Crippen molar-refractivity contribution >= 4 is 16.8 Å². The summed E-state index contributed by atoms with van der Waals surface area (Å²) in [5, 5.41) is 1.01. The molecule has 2 atom stereocenters. The number of nitrogens with zero attached hydrogens (tertiary/aromatic N) is 2. The zero-order chi connectivity index (χ0) is 15.8. The first-order valence-corrected chi connectivity index (χ1v) is 8.44. The SMILES string of the molecule is C[C@@H]1[C@H](N2CCOCC2)CCN1C(=O)c1cccc2[nH]ccc12. The molecule has 1 N–H and O–H groups in total. The van der Waals surface area contributed by atoms with Gasteiger partial charge in [0.1, 0.15) is 0 Å². The minimum atomic E-state index is 0.151. The Bertz CT molecular complexity index is 705. The number of likely N-dealkylation sites (tertiary alicyclic amines) is 1. The Kier molecular flexibility index (Phi) is 3.83. The molecular weight excluding hydrogens is 290 g/mol. The van der Waals surface area contributed by atoms with Crippen LogP contribution in [0.25, 0.3) is 10.9 Å². The van der Waals surface area contributed by atoms with Gasteiger partial charge in [0.2, 0.25) is 0 Å². The number of amides is 1. The first-order valence-electron chi connectivity index (χ1n) is 8.44. The number of nitrogens with one attached hydrogen (secondary N) is 1. The van der Waals surface area contributed by atoms with E-state index in [-0.39, 0.29) is 11.9 Å². The molecule has 0 bridgehead atoms. The minimum Gasteiger partial charge on any atom is -0.379 e. The molecule has 23 heavy (non-hydrogen) atoms. The number of carbonyl (C=O) groups is 1. The molecule has 0 radical (unpaired) electrons. The zero-order valence-electron chi connectivity index (χ0n) is 13.5. The molecule has 3 heterocycles. The van der Waals surface area contributed by atoms with Crippen LogP contribution in [-0.4, -0.2) is 65.6 Å². The van der Waals surface area contributed by atoms with Crippen molar-refractivity contribution in [3.63, 3.8) is 0 Å². The lowest BCUT2D eigenvalue weighted by atomic mass is 10.1. The van der Waals surface area contributed by atoms with Gasteiger partial charge in [0.05, 0.1) is 13.2 Å². The average molecular weight is 313 g/mol. The van der Waals surface area contributed by atoms with Gasteiger partial charge in [0.25, 0.3) is 5.91 Å². The van der Waals surface area contributed by atoms with E-state index < -0.39 is 0 Å². The molecule has 0 unspecified atom stereocenters. The van der Waals surface area contributed by atoms with Crippen LogP contribution >= 0.6 is 0 Å². The molecule has 122 valence electrons. The highest BCUT2D eigenvalue weighted by atomic mass is 16.5. The van der Waals surface area contributed by atoms with Crippen LogP contribution in [0.5, 0.6) is 0 Å². The van der Waals surface area contributed by atoms with Crippen molar-refractivity contribution in [3.8, 4) is 0 Å². The lowest BCUT2D eigenvalue weighted by Crippen LogP contribution is -2.49. The van der Waals surface area contributed by atoms with Crippen LogP contribution in [0.3, 0.4) is 0 Å². The molecule has 0 aliphatic carbocycles. The molecule has 1 aromatic heterocycles. The summed E-state index contributed by atoms with van der Waals surface area (Å²) in [6.45, 7) is 6.58. The van der Waals surface area contributed by atoms with Crippen molar-refractivity contribution in [2.24, 2.45) is 0 Å². The van der Waals surface area contributed by atoms with Gasteiger partial charge in [0.15, 0.2) is 0 Å². The van der Waals surface area contributed by atoms with E-state index in [0.29, 0.717) is 6.04 Å². The normalized spacial score (nSPS) is 26.0. The molecule has 0 saturated carbocycles. The molecule has 4 rings (SSSR count). The van der Waals surface area contributed by atoms with Crippen LogP contribution in [0.4, 0.5) is 0 Å². The number of hydrogen-bond acceptors (Lipinski definition) is 3. The molecule has 2 aliphatic rings. The highest BCUT2D eigenvalue weighted by Gasteiger charge is 2.38. The van der Waals surface area contributed by atoms with E-state index in [1.54, 1.807) is 0 Å². The third-order valence-corrected chi connectivity index (χ3v) is 5.32. The van der Waals surface area contributed by atoms with E-state index in [4.69, 9.17) is 4.74 Å². The van der Waals surface area contributed by atoms with E-state index in [0.717, 1.165) is 55.7 Å². The number of fused-ring (bicyclic) bond motifs is 1. The van der Waals surface area contributed by atoms with Gasteiger partial charge in [-0.3, -0.25) is 9.69 Å². The standard InChI is InChI=1S/C18H23N3O2/c1-13-17(20-9-11-23-12-10-20)6-8-21(13)18(22)15-3-2-4-16-14(15)5-7-19-16/h2-5,7,13,17,19H,6,8-12H2,1H3/t13-,17-/m1/s1. The third kappa shape index (κ3) is 2.54. The minimum absolute atomic E-state index is 0.151. The Balaban J connectivity index is 1.56. The average Bonchev–Trinajstić information content (AvgIpc) is 3.21. The Morgan fingerprint density at radius 1 is 1.22 bits per heavy atom. The fourth-order valence-corrected chi connectivity index (χ4v) is 4.03. The van der Waals surface area contributed by atoms with Crippen LogP contribution in [0.2, 0.25) is 0 Å². The molecule has 0 spiro atoms. The Morgan fingerprint density at radius 3 is 2.87 bits per heavy atom. The van der Waals surface area contributed by atoms with Crippen molar-refractivity contribution in [1.82, 2.24) is 14.8 Å². The van der Waals surface area contributed by atoms with E-state index in [9.17, 15) is 4.79 Å². The van der Waals surface area contributed by atoms with Gasteiger partial charge < -0.3 is 14.6 Å². The van der Waals surface area contributed by atoms with E-state index >= 15 is 0 Å². The summed E-state index contributed by atoms with van der Waals surface area (Å²) in [6.07, 6.45) is 2.95. The van der Waals surface area contributed by atoms with Crippen LogP contribution in [0.15, 0.2) is 30.5 Å². The van der Waals surface area contributed by atoms with Gasteiger partial charge in [-0.2, -0.15) is 0 Å². The van der Waals surface area contributed by atoms with Gasteiger partial charge >= 0.3 is 0 Å². The van der Waals surface area contributed by atoms with Crippen molar-refractivity contribution < 1.29 is 9.53 Å². The molecule has 2 fully saturated rings. The summed E-state index contributed by atoms with van der Waals surface area (Å²) in [6, 6.07) is 8.58. The lowest BCUT2D eigenvalue weighted by Gasteiger charge is -2.35. The summed E-state index contributed by atoms with van der Waals surface area (Å²) < 4.78 is 5.45. The van der Waals surface area contributed by atoms with Crippen molar-refractivity contribution in [2.75, 3.05) is 32.8 Å². The quantitative estimate of drug-likeness (QED) is 0.924. The maximum atomic E-state index is 13.1. The van der Waals surface area contributed by atoms with Gasteiger partial charge in [-0.25, -0.2) is 0 Å². The molecular formula is C18H23N3O2. The number of rotatable bonds is 2. The van der Waals surface area contributed by atoms with Gasteiger partial charge in [-0.1, -0.05) is 6.07 Å². The van der Waals surface area contributed by atoms with E-state index in [1.165, 1.54) is 0 Å². The zero-order valence-corrected chi connectivity index (χ0v) is 13.5. The molecule has 1 aromatic carbocycles. The highest BCUT2D eigenvalue weighted by molar-refractivity contribution is 6.06. The van der Waals surface area contributed by atoms with Gasteiger partial charge in [-0.05, 0) is 31.5 Å². The summed E-state index contributed by atoms with van der Waals surface area (Å²) in [5.74, 6) is 0.151. The van der Waals surface area contributed by atoms with Crippen molar-refractivity contribution in [2.45, 2.75) is 25.4 Å². The van der Waals surface area contributed by atoms with Crippen molar-refractivity contribution in [3.05, 3.63) is 36.0 Å².